The Morgan fingerprint density at radius 3 is 2.67 bits per heavy atom. The van der Waals surface area contributed by atoms with Crippen molar-refractivity contribution in [2.75, 3.05) is 36.4 Å². The predicted molar refractivity (Wildman–Crippen MR) is 111 cm³/mol. The van der Waals surface area contributed by atoms with Gasteiger partial charge in [0.05, 0.1) is 0 Å². The highest BCUT2D eigenvalue weighted by atomic mass is 15.2. The lowest BCUT2D eigenvalue weighted by Crippen LogP contribution is -2.44. The molecule has 0 aliphatic carbocycles. The average Bonchev–Trinajstić information content (AvgIpc) is 2.66. The quantitative estimate of drug-likeness (QED) is 0.698. The highest BCUT2D eigenvalue weighted by Gasteiger charge is 2.20. The van der Waals surface area contributed by atoms with Gasteiger partial charge in [-0.1, -0.05) is 13.3 Å². The van der Waals surface area contributed by atoms with E-state index in [1.807, 2.05) is 19.2 Å². The van der Waals surface area contributed by atoms with Crippen molar-refractivity contribution < 1.29 is 0 Å². The second kappa shape index (κ2) is 9.65. The van der Waals surface area contributed by atoms with E-state index in [0.29, 0.717) is 6.04 Å². The number of anilines is 2. The molecule has 1 saturated heterocycles. The first-order chi connectivity index (χ1) is 13.1. The number of piperidine rings is 1. The van der Waals surface area contributed by atoms with Crippen molar-refractivity contribution in [2.24, 2.45) is 0 Å². The zero-order chi connectivity index (χ0) is 19.1. The number of hydrogen-bond donors (Lipinski definition) is 2. The van der Waals surface area contributed by atoms with Gasteiger partial charge in [0, 0.05) is 50.2 Å². The molecule has 1 aliphatic rings. The highest BCUT2D eigenvalue weighted by molar-refractivity contribution is 5.40. The zero-order valence-electron chi connectivity index (χ0n) is 16.8. The van der Waals surface area contributed by atoms with E-state index in [2.05, 4.69) is 56.5 Å². The molecule has 0 saturated carbocycles. The topological polar surface area (TPSA) is 66.0 Å². The highest BCUT2D eigenvalue weighted by Crippen LogP contribution is 2.19. The van der Waals surface area contributed by atoms with E-state index in [4.69, 9.17) is 0 Å². The Morgan fingerprint density at radius 1 is 1.11 bits per heavy atom. The van der Waals surface area contributed by atoms with Crippen LogP contribution in [0.1, 0.15) is 43.3 Å². The van der Waals surface area contributed by atoms with Crippen LogP contribution in [0.3, 0.4) is 0 Å². The van der Waals surface area contributed by atoms with E-state index in [0.717, 1.165) is 75.0 Å². The minimum atomic E-state index is 0.576. The van der Waals surface area contributed by atoms with Crippen LogP contribution in [-0.4, -0.2) is 47.2 Å². The molecular weight excluding hydrogens is 336 g/mol. The van der Waals surface area contributed by atoms with Gasteiger partial charge in [-0.15, -0.1) is 0 Å². The molecule has 0 spiro atoms. The third kappa shape index (κ3) is 5.89. The standard InChI is InChI=1S/C21H32N6/c1-4-5-19-15-21(26-17(3)25-19)27-12-7-18(8-13-27)22-10-11-24-20-14-16(2)6-9-23-20/h6,9,14-15,18,22H,4-5,7-8,10-13H2,1-3H3,(H,23,24). The fraction of sp³-hybridized carbons (Fsp3) is 0.571. The molecule has 146 valence electrons. The Labute approximate surface area is 162 Å². The van der Waals surface area contributed by atoms with Gasteiger partial charge in [-0.25, -0.2) is 15.0 Å². The first-order valence-corrected chi connectivity index (χ1v) is 10.1. The lowest BCUT2D eigenvalue weighted by Gasteiger charge is -2.33. The number of nitrogens with one attached hydrogen (secondary N) is 2. The molecule has 0 radical (unpaired) electrons. The molecule has 2 aromatic heterocycles. The maximum atomic E-state index is 4.66. The summed E-state index contributed by atoms with van der Waals surface area (Å²) in [5, 5.41) is 7.05. The van der Waals surface area contributed by atoms with E-state index in [1.165, 1.54) is 5.56 Å². The Bertz CT molecular complexity index is 724. The number of hydrogen-bond acceptors (Lipinski definition) is 6. The van der Waals surface area contributed by atoms with Gasteiger partial charge in [-0.05, 0) is 50.8 Å². The van der Waals surface area contributed by atoms with Crippen molar-refractivity contribution in [1.29, 1.82) is 0 Å². The van der Waals surface area contributed by atoms with Crippen LogP contribution in [0.15, 0.2) is 24.4 Å². The fourth-order valence-corrected chi connectivity index (χ4v) is 3.57. The third-order valence-corrected chi connectivity index (χ3v) is 4.98. The van der Waals surface area contributed by atoms with Gasteiger partial charge in [0.25, 0.3) is 0 Å². The SMILES string of the molecule is CCCc1cc(N2CCC(NCCNc3cc(C)ccn3)CC2)nc(C)n1. The second-order valence-corrected chi connectivity index (χ2v) is 7.38. The molecule has 1 fully saturated rings. The average molecular weight is 369 g/mol. The summed E-state index contributed by atoms with van der Waals surface area (Å²) in [4.78, 5) is 16.0. The van der Waals surface area contributed by atoms with Crippen LogP contribution in [-0.2, 0) is 6.42 Å². The second-order valence-electron chi connectivity index (χ2n) is 7.38. The number of nitrogens with zero attached hydrogens (tertiary/aromatic N) is 4. The number of pyridine rings is 1. The van der Waals surface area contributed by atoms with E-state index < -0.39 is 0 Å². The summed E-state index contributed by atoms with van der Waals surface area (Å²) in [6.07, 6.45) is 6.29. The van der Waals surface area contributed by atoms with E-state index in [1.54, 1.807) is 0 Å². The molecule has 0 amide bonds. The molecule has 2 aromatic rings. The number of aryl methyl sites for hydroxylation is 3. The van der Waals surface area contributed by atoms with Crippen LogP contribution in [0.5, 0.6) is 0 Å². The summed E-state index contributed by atoms with van der Waals surface area (Å²) in [5.74, 6) is 2.93. The number of aromatic nitrogens is 3. The molecule has 2 N–H and O–H groups in total. The van der Waals surface area contributed by atoms with Crippen molar-refractivity contribution >= 4 is 11.6 Å². The van der Waals surface area contributed by atoms with Crippen LogP contribution in [0.25, 0.3) is 0 Å². The van der Waals surface area contributed by atoms with Gasteiger partial charge in [0.1, 0.15) is 17.5 Å². The Hall–Kier alpha value is -2.21. The molecule has 3 heterocycles. The van der Waals surface area contributed by atoms with Crippen LogP contribution in [0.2, 0.25) is 0 Å². The molecule has 6 heteroatoms. The summed E-state index contributed by atoms with van der Waals surface area (Å²) in [6, 6.07) is 6.84. The van der Waals surface area contributed by atoms with Crippen molar-refractivity contribution in [3.05, 3.63) is 41.5 Å². The number of rotatable bonds is 8. The summed E-state index contributed by atoms with van der Waals surface area (Å²) >= 11 is 0. The monoisotopic (exact) mass is 368 g/mol. The maximum Gasteiger partial charge on any atom is 0.132 e. The lowest BCUT2D eigenvalue weighted by molar-refractivity contribution is 0.419. The molecule has 6 nitrogen and oxygen atoms in total. The van der Waals surface area contributed by atoms with E-state index in [9.17, 15) is 0 Å². The Morgan fingerprint density at radius 2 is 1.93 bits per heavy atom. The van der Waals surface area contributed by atoms with E-state index in [-0.39, 0.29) is 0 Å². The third-order valence-electron chi connectivity index (χ3n) is 4.98. The van der Waals surface area contributed by atoms with Crippen molar-refractivity contribution in [3.63, 3.8) is 0 Å². The van der Waals surface area contributed by atoms with Crippen LogP contribution in [0.4, 0.5) is 11.6 Å². The van der Waals surface area contributed by atoms with Gasteiger partial charge in [-0.2, -0.15) is 0 Å². The van der Waals surface area contributed by atoms with Crippen molar-refractivity contribution in [1.82, 2.24) is 20.3 Å². The first-order valence-electron chi connectivity index (χ1n) is 10.1. The van der Waals surface area contributed by atoms with Crippen LogP contribution in [0, 0.1) is 13.8 Å². The molecular formula is C21H32N6. The largest absolute Gasteiger partial charge is 0.369 e. The van der Waals surface area contributed by atoms with Gasteiger partial charge in [0.15, 0.2) is 0 Å². The summed E-state index contributed by atoms with van der Waals surface area (Å²) < 4.78 is 0. The van der Waals surface area contributed by atoms with Crippen LogP contribution < -0.4 is 15.5 Å². The fourth-order valence-electron chi connectivity index (χ4n) is 3.57. The predicted octanol–water partition coefficient (Wildman–Crippen LogP) is 3.11. The summed E-state index contributed by atoms with van der Waals surface area (Å²) in [6.45, 7) is 10.2. The van der Waals surface area contributed by atoms with Gasteiger partial charge in [-0.3, -0.25) is 0 Å². The molecule has 3 rings (SSSR count). The zero-order valence-corrected chi connectivity index (χ0v) is 16.8. The summed E-state index contributed by atoms with van der Waals surface area (Å²) in [5.41, 5.74) is 2.39. The molecule has 1 aliphatic heterocycles. The molecule has 0 aromatic carbocycles. The summed E-state index contributed by atoms with van der Waals surface area (Å²) in [7, 11) is 0. The van der Waals surface area contributed by atoms with Crippen LogP contribution >= 0.6 is 0 Å². The normalized spacial score (nSPS) is 15.1. The first kappa shape index (κ1) is 19.5. The molecule has 0 bridgehead atoms. The molecule has 0 unspecified atom stereocenters. The Kier molecular flexibility index (Phi) is 6.98. The van der Waals surface area contributed by atoms with Crippen molar-refractivity contribution in [2.45, 2.75) is 52.5 Å². The lowest BCUT2D eigenvalue weighted by atomic mass is 10.0. The van der Waals surface area contributed by atoms with Crippen molar-refractivity contribution in [3.8, 4) is 0 Å². The van der Waals surface area contributed by atoms with Gasteiger partial charge in [0.2, 0.25) is 0 Å². The minimum Gasteiger partial charge on any atom is -0.369 e. The van der Waals surface area contributed by atoms with Gasteiger partial charge < -0.3 is 15.5 Å². The van der Waals surface area contributed by atoms with Gasteiger partial charge >= 0.3 is 0 Å². The van der Waals surface area contributed by atoms with E-state index >= 15 is 0 Å². The molecule has 0 atom stereocenters. The Balaban J connectivity index is 1.41. The smallest absolute Gasteiger partial charge is 0.132 e. The minimum absolute atomic E-state index is 0.576. The molecule has 27 heavy (non-hydrogen) atoms. The maximum absolute atomic E-state index is 4.66.